The molecule has 0 amide bonds. The SMILES string of the molecule is Cc1ncc(C(C)Cl)cn1. The van der Waals surface area contributed by atoms with Gasteiger partial charge < -0.3 is 0 Å². The molecule has 0 bridgehead atoms. The van der Waals surface area contributed by atoms with Gasteiger partial charge in [0.25, 0.3) is 0 Å². The lowest BCUT2D eigenvalue weighted by Gasteiger charge is -2.00. The van der Waals surface area contributed by atoms with Crippen molar-refractivity contribution < 1.29 is 0 Å². The van der Waals surface area contributed by atoms with E-state index in [1.54, 1.807) is 12.4 Å². The van der Waals surface area contributed by atoms with Crippen LogP contribution in [-0.2, 0) is 0 Å². The van der Waals surface area contributed by atoms with E-state index in [2.05, 4.69) is 9.97 Å². The zero-order valence-corrected chi connectivity index (χ0v) is 6.76. The number of halogens is 1. The molecule has 1 atom stereocenters. The summed E-state index contributed by atoms with van der Waals surface area (Å²) in [6.45, 7) is 3.75. The average Bonchev–Trinajstić information content (AvgIpc) is 1.88. The van der Waals surface area contributed by atoms with Gasteiger partial charge in [-0.3, -0.25) is 0 Å². The molecule has 54 valence electrons. The van der Waals surface area contributed by atoms with E-state index in [-0.39, 0.29) is 5.38 Å². The van der Waals surface area contributed by atoms with E-state index < -0.39 is 0 Å². The summed E-state index contributed by atoms with van der Waals surface area (Å²) < 4.78 is 0. The van der Waals surface area contributed by atoms with Crippen molar-refractivity contribution in [2.75, 3.05) is 0 Å². The van der Waals surface area contributed by atoms with Crippen LogP contribution in [-0.4, -0.2) is 9.97 Å². The third kappa shape index (κ3) is 1.67. The van der Waals surface area contributed by atoms with Crippen molar-refractivity contribution in [1.29, 1.82) is 0 Å². The Morgan fingerprint density at radius 2 is 1.90 bits per heavy atom. The quantitative estimate of drug-likeness (QED) is 0.582. The fourth-order valence-corrected chi connectivity index (χ4v) is 0.721. The summed E-state index contributed by atoms with van der Waals surface area (Å²) in [5.41, 5.74) is 0.965. The zero-order chi connectivity index (χ0) is 7.56. The summed E-state index contributed by atoms with van der Waals surface area (Å²) in [6, 6.07) is 0. The van der Waals surface area contributed by atoms with Crippen LogP contribution < -0.4 is 0 Å². The molecule has 0 radical (unpaired) electrons. The maximum atomic E-state index is 5.78. The first kappa shape index (κ1) is 7.48. The molecule has 0 aromatic carbocycles. The van der Waals surface area contributed by atoms with Gasteiger partial charge in [-0.05, 0) is 13.8 Å². The topological polar surface area (TPSA) is 25.8 Å². The lowest BCUT2D eigenvalue weighted by Crippen LogP contribution is -1.91. The number of aryl methyl sites for hydroxylation is 1. The van der Waals surface area contributed by atoms with Crippen molar-refractivity contribution in [2.24, 2.45) is 0 Å². The molecule has 10 heavy (non-hydrogen) atoms. The summed E-state index contributed by atoms with van der Waals surface area (Å²) in [7, 11) is 0. The molecule has 0 fully saturated rings. The molecule has 0 saturated heterocycles. The van der Waals surface area contributed by atoms with Gasteiger partial charge in [-0.1, -0.05) is 0 Å². The van der Waals surface area contributed by atoms with Crippen molar-refractivity contribution in [2.45, 2.75) is 19.2 Å². The number of nitrogens with zero attached hydrogens (tertiary/aromatic N) is 2. The van der Waals surface area contributed by atoms with Crippen LogP contribution in [0.25, 0.3) is 0 Å². The average molecular weight is 157 g/mol. The van der Waals surface area contributed by atoms with Crippen LogP contribution in [0.1, 0.15) is 23.7 Å². The number of hydrogen-bond acceptors (Lipinski definition) is 2. The third-order valence-corrected chi connectivity index (χ3v) is 1.51. The molecule has 1 unspecified atom stereocenters. The number of aromatic nitrogens is 2. The fourth-order valence-electron chi connectivity index (χ4n) is 0.608. The van der Waals surface area contributed by atoms with Crippen molar-refractivity contribution in [3.05, 3.63) is 23.8 Å². The molecule has 1 aromatic rings. The van der Waals surface area contributed by atoms with Crippen LogP contribution in [0, 0.1) is 6.92 Å². The maximum Gasteiger partial charge on any atom is 0.125 e. The summed E-state index contributed by atoms with van der Waals surface area (Å²) in [5.74, 6) is 0.779. The second kappa shape index (κ2) is 2.97. The third-order valence-electron chi connectivity index (χ3n) is 1.26. The predicted molar refractivity (Wildman–Crippen MR) is 41.0 cm³/mol. The van der Waals surface area contributed by atoms with E-state index in [0.717, 1.165) is 11.4 Å². The minimum absolute atomic E-state index is 0.000556. The summed E-state index contributed by atoms with van der Waals surface area (Å²) in [4.78, 5) is 8.01. The van der Waals surface area contributed by atoms with Crippen LogP contribution in [0.3, 0.4) is 0 Å². The first-order valence-corrected chi connectivity index (χ1v) is 3.56. The molecule has 1 aromatic heterocycles. The van der Waals surface area contributed by atoms with Crippen molar-refractivity contribution >= 4 is 11.6 Å². The van der Waals surface area contributed by atoms with Gasteiger partial charge in [-0.15, -0.1) is 11.6 Å². The van der Waals surface area contributed by atoms with Gasteiger partial charge in [-0.2, -0.15) is 0 Å². The Hall–Kier alpha value is -0.630. The molecule has 1 heterocycles. The van der Waals surface area contributed by atoms with E-state index in [9.17, 15) is 0 Å². The molecule has 0 saturated carbocycles. The highest BCUT2D eigenvalue weighted by molar-refractivity contribution is 6.20. The normalized spacial score (nSPS) is 13.1. The first-order chi connectivity index (χ1) is 4.70. The molecule has 0 spiro atoms. The van der Waals surface area contributed by atoms with Crippen molar-refractivity contribution in [3.63, 3.8) is 0 Å². The van der Waals surface area contributed by atoms with E-state index in [4.69, 9.17) is 11.6 Å². The lowest BCUT2D eigenvalue weighted by atomic mass is 10.3. The minimum Gasteiger partial charge on any atom is -0.241 e. The highest BCUT2D eigenvalue weighted by Crippen LogP contribution is 2.16. The van der Waals surface area contributed by atoms with Crippen LogP contribution >= 0.6 is 11.6 Å². The van der Waals surface area contributed by atoms with E-state index >= 15 is 0 Å². The number of hydrogen-bond donors (Lipinski definition) is 0. The molecule has 3 heteroatoms. The standard InChI is InChI=1S/C7H9ClN2/c1-5(8)7-3-9-6(2)10-4-7/h3-5H,1-2H3. The Morgan fingerprint density at radius 3 is 2.30 bits per heavy atom. The van der Waals surface area contributed by atoms with Crippen LogP contribution in [0.2, 0.25) is 0 Å². The molecular formula is C7H9ClN2. The van der Waals surface area contributed by atoms with Crippen molar-refractivity contribution in [3.8, 4) is 0 Å². The summed E-state index contributed by atoms with van der Waals surface area (Å²) in [6.07, 6.45) is 3.50. The second-order valence-electron chi connectivity index (χ2n) is 2.18. The highest BCUT2D eigenvalue weighted by Gasteiger charge is 1.99. The van der Waals surface area contributed by atoms with Gasteiger partial charge in [0.15, 0.2) is 0 Å². The second-order valence-corrected chi connectivity index (χ2v) is 2.83. The molecule has 0 N–H and O–H groups in total. The molecule has 0 aliphatic carbocycles. The van der Waals surface area contributed by atoms with Gasteiger partial charge in [0.2, 0.25) is 0 Å². The smallest absolute Gasteiger partial charge is 0.125 e. The highest BCUT2D eigenvalue weighted by atomic mass is 35.5. The first-order valence-electron chi connectivity index (χ1n) is 3.13. The van der Waals surface area contributed by atoms with Gasteiger partial charge in [0.05, 0.1) is 5.38 Å². The Balaban J connectivity index is 2.89. The van der Waals surface area contributed by atoms with Crippen LogP contribution in [0.15, 0.2) is 12.4 Å². The number of alkyl halides is 1. The van der Waals surface area contributed by atoms with Crippen LogP contribution in [0.4, 0.5) is 0 Å². The Labute approximate surface area is 65.3 Å². The van der Waals surface area contributed by atoms with Gasteiger partial charge in [0, 0.05) is 18.0 Å². The predicted octanol–water partition coefficient (Wildman–Crippen LogP) is 2.08. The number of rotatable bonds is 1. The largest absolute Gasteiger partial charge is 0.241 e. The maximum absolute atomic E-state index is 5.78. The van der Waals surface area contributed by atoms with E-state index in [0.29, 0.717) is 0 Å². The van der Waals surface area contributed by atoms with Gasteiger partial charge in [-0.25, -0.2) is 9.97 Å². The molecular weight excluding hydrogens is 148 g/mol. The molecule has 0 aliphatic rings. The Kier molecular flexibility index (Phi) is 2.22. The minimum atomic E-state index is 0.000556. The van der Waals surface area contributed by atoms with Crippen LogP contribution in [0.5, 0.6) is 0 Å². The molecule has 0 aliphatic heterocycles. The zero-order valence-electron chi connectivity index (χ0n) is 6.00. The monoisotopic (exact) mass is 156 g/mol. The van der Waals surface area contributed by atoms with Gasteiger partial charge in [0.1, 0.15) is 5.82 Å². The Bertz CT molecular complexity index is 205. The summed E-state index contributed by atoms with van der Waals surface area (Å²) in [5, 5.41) is 0.000556. The van der Waals surface area contributed by atoms with E-state index in [1.807, 2.05) is 13.8 Å². The molecule has 2 nitrogen and oxygen atoms in total. The lowest BCUT2D eigenvalue weighted by molar-refractivity contribution is 0.971. The summed E-state index contributed by atoms with van der Waals surface area (Å²) >= 11 is 5.78. The van der Waals surface area contributed by atoms with E-state index in [1.165, 1.54) is 0 Å². The molecule has 1 rings (SSSR count). The van der Waals surface area contributed by atoms with Crippen molar-refractivity contribution in [1.82, 2.24) is 9.97 Å². The Morgan fingerprint density at radius 1 is 1.40 bits per heavy atom. The van der Waals surface area contributed by atoms with Gasteiger partial charge >= 0.3 is 0 Å². The fraction of sp³-hybridized carbons (Fsp3) is 0.429.